The first-order valence-corrected chi connectivity index (χ1v) is 8.84. The van der Waals surface area contributed by atoms with Crippen molar-refractivity contribution in [1.82, 2.24) is 4.90 Å². The van der Waals surface area contributed by atoms with Crippen LogP contribution in [-0.2, 0) is 10.3 Å². The Bertz CT molecular complexity index is 685. The van der Waals surface area contributed by atoms with Crippen molar-refractivity contribution < 1.29 is 28.2 Å². The average molecular weight is 369 g/mol. The second-order valence-corrected chi connectivity index (χ2v) is 8.05. The molecule has 144 valence electrons. The van der Waals surface area contributed by atoms with Crippen molar-refractivity contribution in [3.63, 3.8) is 0 Å². The summed E-state index contributed by atoms with van der Waals surface area (Å²) < 4.78 is 39.9. The van der Waals surface area contributed by atoms with Crippen molar-refractivity contribution in [2.75, 3.05) is 19.8 Å². The fraction of sp³-hybridized carbons (Fsp3) is 0.632. The molecule has 0 aliphatic carbocycles. The molecule has 3 atom stereocenters. The van der Waals surface area contributed by atoms with Gasteiger partial charge in [0.2, 0.25) is 0 Å². The first kappa shape index (κ1) is 18.9. The van der Waals surface area contributed by atoms with Gasteiger partial charge in [-0.3, -0.25) is 4.90 Å². The summed E-state index contributed by atoms with van der Waals surface area (Å²) >= 11 is 0. The molecule has 26 heavy (non-hydrogen) atoms. The summed E-state index contributed by atoms with van der Waals surface area (Å²) in [5.41, 5.74) is -1.53. The average Bonchev–Trinajstić information content (AvgIpc) is 3.16. The number of rotatable bonds is 3. The van der Waals surface area contributed by atoms with Crippen LogP contribution >= 0.6 is 0 Å². The van der Waals surface area contributed by atoms with E-state index in [9.17, 15) is 18.7 Å². The summed E-state index contributed by atoms with van der Waals surface area (Å²) in [5.74, 6) is -0.122. The minimum Gasteiger partial charge on any atom is -0.488 e. The Balaban J connectivity index is 2.15. The van der Waals surface area contributed by atoms with Crippen LogP contribution in [0.25, 0.3) is 0 Å². The van der Waals surface area contributed by atoms with Gasteiger partial charge in [0.15, 0.2) is 0 Å². The number of ether oxygens (including phenoxy) is 2. The van der Waals surface area contributed by atoms with Gasteiger partial charge in [-0.15, -0.1) is 0 Å². The third-order valence-electron chi connectivity index (χ3n) is 5.40. The standard InChI is InChI=1S/C19H25F2NO4/c1-18(2,3)19(9-13(21)10-22(19)17(23)24)15-8-12(20)4-5-16(15)26-14-6-7-25-11-14/h4-5,8,13-14H,6-7,9-11H2,1-3H3,(H,23,24)/t13-,14?,19-/m0/s1. The van der Waals surface area contributed by atoms with Gasteiger partial charge in [-0.1, -0.05) is 20.8 Å². The minimum absolute atomic E-state index is 0.0379. The van der Waals surface area contributed by atoms with E-state index in [1.54, 1.807) is 0 Å². The second-order valence-electron chi connectivity index (χ2n) is 8.05. The molecule has 2 saturated heterocycles. The Morgan fingerprint density at radius 3 is 2.73 bits per heavy atom. The Hall–Kier alpha value is -1.89. The Morgan fingerprint density at radius 2 is 2.15 bits per heavy atom. The topological polar surface area (TPSA) is 59.0 Å². The number of carbonyl (C=O) groups is 1. The van der Waals surface area contributed by atoms with Crippen LogP contribution in [0.2, 0.25) is 0 Å². The van der Waals surface area contributed by atoms with Crippen LogP contribution in [0.3, 0.4) is 0 Å². The first-order chi connectivity index (χ1) is 12.1. The highest BCUT2D eigenvalue weighted by atomic mass is 19.1. The molecule has 2 heterocycles. The molecule has 7 heteroatoms. The van der Waals surface area contributed by atoms with Crippen molar-refractivity contribution in [2.24, 2.45) is 5.41 Å². The maximum atomic E-state index is 14.4. The van der Waals surface area contributed by atoms with E-state index in [-0.39, 0.29) is 19.1 Å². The zero-order chi connectivity index (χ0) is 19.1. The van der Waals surface area contributed by atoms with Crippen molar-refractivity contribution in [2.45, 2.75) is 51.4 Å². The lowest BCUT2D eigenvalue weighted by atomic mass is 9.67. The predicted molar refractivity (Wildman–Crippen MR) is 91.6 cm³/mol. The van der Waals surface area contributed by atoms with Crippen LogP contribution in [0.5, 0.6) is 5.75 Å². The first-order valence-electron chi connectivity index (χ1n) is 8.84. The summed E-state index contributed by atoms with van der Waals surface area (Å²) in [4.78, 5) is 13.0. The van der Waals surface area contributed by atoms with E-state index in [0.717, 1.165) is 4.90 Å². The third kappa shape index (κ3) is 3.13. The highest BCUT2D eigenvalue weighted by Gasteiger charge is 2.57. The van der Waals surface area contributed by atoms with Crippen LogP contribution in [0.4, 0.5) is 13.6 Å². The summed E-state index contributed by atoms with van der Waals surface area (Å²) in [7, 11) is 0. The largest absolute Gasteiger partial charge is 0.488 e. The van der Waals surface area contributed by atoms with E-state index < -0.39 is 29.0 Å². The predicted octanol–water partition coefficient (Wildman–Crippen LogP) is 3.96. The molecule has 2 fully saturated rings. The van der Waals surface area contributed by atoms with Crippen LogP contribution in [0.1, 0.15) is 39.2 Å². The lowest BCUT2D eigenvalue weighted by Gasteiger charge is -2.47. The number of benzene rings is 1. The number of hydrogen-bond acceptors (Lipinski definition) is 3. The maximum absolute atomic E-state index is 14.4. The number of alkyl halides is 1. The van der Waals surface area contributed by atoms with E-state index in [1.165, 1.54) is 18.2 Å². The fourth-order valence-corrected chi connectivity index (χ4v) is 4.17. The van der Waals surface area contributed by atoms with E-state index in [2.05, 4.69) is 0 Å². The van der Waals surface area contributed by atoms with Crippen molar-refractivity contribution in [3.05, 3.63) is 29.6 Å². The molecule has 3 rings (SSSR count). The van der Waals surface area contributed by atoms with Gasteiger partial charge in [-0.25, -0.2) is 13.6 Å². The second kappa shape index (κ2) is 6.68. The maximum Gasteiger partial charge on any atom is 0.408 e. The highest BCUT2D eigenvalue weighted by molar-refractivity contribution is 5.68. The van der Waals surface area contributed by atoms with E-state index in [4.69, 9.17) is 9.47 Å². The molecule has 1 aromatic carbocycles. The lowest BCUT2D eigenvalue weighted by molar-refractivity contribution is 0.0237. The van der Waals surface area contributed by atoms with Crippen molar-refractivity contribution >= 4 is 6.09 Å². The summed E-state index contributed by atoms with van der Waals surface area (Å²) in [6.45, 7) is 6.29. The summed E-state index contributed by atoms with van der Waals surface area (Å²) in [5, 5.41) is 9.74. The van der Waals surface area contributed by atoms with Crippen molar-refractivity contribution in [3.8, 4) is 5.75 Å². The van der Waals surface area contributed by atoms with Gasteiger partial charge >= 0.3 is 6.09 Å². The number of likely N-dealkylation sites (tertiary alicyclic amines) is 1. The fourth-order valence-electron chi connectivity index (χ4n) is 4.17. The molecule has 2 aliphatic rings. The molecule has 1 aromatic rings. The van der Waals surface area contributed by atoms with Gasteiger partial charge in [0.25, 0.3) is 0 Å². The zero-order valence-corrected chi connectivity index (χ0v) is 15.3. The molecule has 1 N–H and O–H groups in total. The molecule has 0 bridgehead atoms. The SMILES string of the molecule is CC(C)(C)[C@@]1(c2cc(F)ccc2OC2CCOC2)C[C@H](F)CN1C(=O)O. The number of amides is 1. The molecule has 2 aliphatic heterocycles. The molecule has 5 nitrogen and oxygen atoms in total. The lowest BCUT2D eigenvalue weighted by Crippen LogP contribution is -2.53. The molecule has 0 radical (unpaired) electrons. The molecular formula is C19H25F2NO4. The molecular weight excluding hydrogens is 344 g/mol. The highest BCUT2D eigenvalue weighted by Crippen LogP contribution is 2.54. The minimum atomic E-state index is -1.32. The number of nitrogens with zero attached hydrogens (tertiary/aromatic N) is 1. The normalized spacial score (nSPS) is 29.2. The molecule has 0 aromatic heterocycles. The molecule has 1 amide bonds. The van der Waals surface area contributed by atoms with Crippen LogP contribution < -0.4 is 4.74 Å². The van der Waals surface area contributed by atoms with Gasteiger partial charge < -0.3 is 14.6 Å². The Labute approximate surface area is 151 Å². The summed E-state index contributed by atoms with van der Waals surface area (Å²) in [6, 6.07) is 4.06. The smallest absolute Gasteiger partial charge is 0.408 e. The van der Waals surface area contributed by atoms with Gasteiger partial charge in [0.05, 0.1) is 25.3 Å². The molecule has 0 saturated carbocycles. The Morgan fingerprint density at radius 1 is 1.42 bits per heavy atom. The van der Waals surface area contributed by atoms with Gasteiger partial charge in [-0.2, -0.15) is 0 Å². The van der Waals surface area contributed by atoms with Gasteiger partial charge in [0.1, 0.15) is 23.8 Å². The monoisotopic (exact) mass is 369 g/mol. The van der Waals surface area contributed by atoms with E-state index >= 15 is 0 Å². The Kier molecular flexibility index (Phi) is 4.86. The van der Waals surface area contributed by atoms with Crippen LogP contribution in [0, 0.1) is 11.2 Å². The molecule has 1 unspecified atom stereocenters. The zero-order valence-electron chi connectivity index (χ0n) is 15.3. The van der Waals surface area contributed by atoms with Crippen LogP contribution in [-0.4, -0.2) is 48.1 Å². The number of carboxylic acid groups (broad SMARTS) is 1. The van der Waals surface area contributed by atoms with Gasteiger partial charge in [-0.05, 0) is 23.6 Å². The quantitative estimate of drug-likeness (QED) is 0.876. The van der Waals surface area contributed by atoms with Crippen molar-refractivity contribution in [1.29, 1.82) is 0 Å². The van der Waals surface area contributed by atoms with E-state index in [1.807, 2.05) is 20.8 Å². The molecule has 0 spiro atoms. The summed E-state index contributed by atoms with van der Waals surface area (Å²) in [6.07, 6.45) is -2.06. The van der Waals surface area contributed by atoms with Gasteiger partial charge in [0, 0.05) is 18.4 Å². The number of halogens is 2. The van der Waals surface area contributed by atoms with Crippen LogP contribution in [0.15, 0.2) is 18.2 Å². The van der Waals surface area contributed by atoms with E-state index in [0.29, 0.717) is 30.9 Å². The third-order valence-corrected chi connectivity index (χ3v) is 5.40. The number of hydrogen-bond donors (Lipinski definition) is 1.